The van der Waals surface area contributed by atoms with Gasteiger partial charge in [0.2, 0.25) is 0 Å². The largest absolute Gasteiger partial charge is 0.364 e. The fourth-order valence-corrected chi connectivity index (χ4v) is 4.17. The Kier molecular flexibility index (Phi) is 4.14. The second-order valence-corrected chi connectivity index (χ2v) is 7.37. The first-order valence-electron chi connectivity index (χ1n) is 8.33. The van der Waals surface area contributed by atoms with Crippen molar-refractivity contribution in [1.82, 2.24) is 20.2 Å². The van der Waals surface area contributed by atoms with Crippen LogP contribution in [0.25, 0.3) is 11.0 Å². The van der Waals surface area contributed by atoms with Crippen LogP contribution in [0.2, 0.25) is 0 Å². The summed E-state index contributed by atoms with van der Waals surface area (Å²) in [6.45, 7) is 0. The molecule has 24 heavy (non-hydrogen) atoms. The van der Waals surface area contributed by atoms with Crippen molar-refractivity contribution in [2.45, 2.75) is 42.5 Å². The molecule has 124 valence electrons. The monoisotopic (exact) mass is 339 g/mol. The summed E-state index contributed by atoms with van der Waals surface area (Å²) in [5.41, 5.74) is 2.23. The van der Waals surface area contributed by atoms with Gasteiger partial charge in [0, 0.05) is 10.4 Å². The molecule has 0 radical (unpaired) electrons. The predicted octanol–water partition coefficient (Wildman–Crippen LogP) is 4.04. The number of aromatic amines is 1. The van der Waals surface area contributed by atoms with E-state index < -0.39 is 0 Å². The van der Waals surface area contributed by atoms with Crippen LogP contribution in [-0.4, -0.2) is 32.0 Å². The van der Waals surface area contributed by atoms with E-state index >= 15 is 0 Å². The van der Waals surface area contributed by atoms with Gasteiger partial charge in [-0.1, -0.05) is 25.0 Å². The van der Waals surface area contributed by atoms with Gasteiger partial charge in [-0.2, -0.15) is 5.10 Å². The van der Waals surface area contributed by atoms with E-state index in [1.165, 1.54) is 36.1 Å². The van der Waals surface area contributed by atoms with Crippen molar-refractivity contribution < 1.29 is 0 Å². The topological polar surface area (TPSA) is 66.5 Å². The first-order valence-corrected chi connectivity index (χ1v) is 9.56. The third-order valence-electron chi connectivity index (χ3n) is 4.87. The van der Waals surface area contributed by atoms with Gasteiger partial charge < -0.3 is 5.32 Å². The van der Waals surface area contributed by atoms with Gasteiger partial charge >= 0.3 is 0 Å². The second kappa shape index (κ2) is 6.43. The molecule has 0 aliphatic heterocycles. The number of benzene rings is 1. The molecule has 1 saturated carbocycles. The lowest BCUT2D eigenvalue weighted by Crippen LogP contribution is -2.38. The minimum absolute atomic E-state index is 0.0651. The van der Waals surface area contributed by atoms with Crippen molar-refractivity contribution in [3.63, 3.8) is 0 Å². The molecule has 0 atom stereocenters. The molecule has 6 heteroatoms. The second-order valence-electron chi connectivity index (χ2n) is 6.50. The maximum absolute atomic E-state index is 4.48. The molecule has 0 amide bonds. The summed E-state index contributed by atoms with van der Waals surface area (Å²) in [5, 5.41) is 11.7. The van der Waals surface area contributed by atoms with Crippen molar-refractivity contribution in [3.05, 3.63) is 42.4 Å². The average Bonchev–Trinajstić information content (AvgIpc) is 3.25. The molecular weight excluding hydrogens is 318 g/mol. The molecule has 1 aliphatic carbocycles. The van der Waals surface area contributed by atoms with Gasteiger partial charge in [0.15, 0.2) is 5.65 Å². The van der Waals surface area contributed by atoms with Crippen LogP contribution in [0.1, 0.15) is 31.2 Å². The van der Waals surface area contributed by atoms with Crippen LogP contribution < -0.4 is 5.32 Å². The molecular formula is C18H21N5S. The smallest absolute Gasteiger partial charge is 0.160 e. The maximum atomic E-state index is 4.48. The minimum Gasteiger partial charge on any atom is -0.364 e. The third-order valence-corrected chi connectivity index (χ3v) is 5.59. The Balaban J connectivity index is 1.64. The average molecular weight is 339 g/mol. The van der Waals surface area contributed by atoms with Crippen LogP contribution >= 0.6 is 11.8 Å². The van der Waals surface area contributed by atoms with Gasteiger partial charge in [0.05, 0.1) is 11.6 Å². The van der Waals surface area contributed by atoms with E-state index in [-0.39, 0.29) is 5.54 Å². The van der Waals surface area contributed by atoms with E-state index in [1.807, 2.05) is 0 Å². The molecule has 3 aromatic rings. The lowest BCUT2D eigenvalue weighted by Gasteiger charge is -2.31. The lowest BCUT2D eigenvalue weighted by atomic mass is 9.89. The molecule has 5 nitrogen and oxygen atoms in total. The molecule has 0 bridgehead atoms. The lowest BCUT2D eigenvalue weighted by molar-refractivity contribution is 0.477. The van der Waals surface area contributed by atoms with Crippen molar-refractivity contribution in [3.8, 4) is 0 Å². The summed E-state index contributed by atoms with van der Waals surface area (Å²) in [5.74, 6) is 0.886. The Hall–Kier alpha value is -2.08. The number of anilines is 1. The van der Waals surface area contributed by atoms with E-state index in [0.29, 0.717) is 0 Å². The summed E-state index contributed by atoms with van der Waals surface area (Å²) in [7, 11) is 0. The van der Waals surface area contributed by atoms with Crippen LogP contribution in [-0.2, 0) is 6.42 Å². The summed E-state index contributed by atoms with van der Waals surface area (Å²) < 4.78 is 0. The number of nitrogens with one attached hydrogen (secondary N) is 2. The predicted molar refractivity (Wildman–Crippen MR) is 98.4 cm³/mol. The highest BCUT2D eigenvalue weighted by Crippen LogP contribution is 2.37. The van der Waals surface area contributed by atoms with E-state index in [0.717, 1.165) is 23.3 Å². The zero-order valence-electron chi connectivity index (χ0n) is 13.7. The van der Waals surface area contributed by atoms with Crippen LogP contribution in [0.5, 0.6) is 0 Å². The zero-order valence-corrected chi connectivity index (χ0v) is 14.6. The summed E-state index contributed by atoms with van der Waals surface area (Å²) >= 11 is 1.79. The zero-order chi connectivity index (χ0) is 16.4. The van der Waals surface area contributed by atoms with E-state index in [1.54, 1.807) is 24.3 Å². The number of hydrogen-bond donors (Lipinski definition) is 2. The van der Waals surface area contributed by atoms with Crippen LogP contribution in [0, 0.1) is 0 Å². The molecule has 4 rings (SSSR count). The van der Waals surface area contributed by atoms with Crippen molar-refractivity contribution in [2.24, 2.45) is 0 Å². The summed E-state index contributed by atoms with van der Waals surface area (Å²) in [6, 6.07) is 8.86. The molecule has 0 unspecified atom stereocenters. The quantitative estimate of drug-likeness (QED) is 0.687. The highest BCUT2D eigenvalue weighted by Gasteiger charge is 2.34. The molecule has 2 heterocycles. The SMILES string of the molecule is CSc1cccc(CC2(Nc3ncnc4[nH]ncc34)CCCC2)c1. The first-order chi connectivity index (χ1) is 11.8. The van der Waals surface area contributed by atoms with Crippen LogP contribution in [0.4, 0.5) is 5.82 Å². The first kappa shape index (κ1) is 15.4. The Morgan fingerprint density at radius 3 is 2.96 bits per heavy atom. The number of H-pyrrole nitrogens is 1. The molecule has 1 fully saturated rings. The molecule has 2 N–H and O–H groups in total. The Labute approximate surface area is 145 Å². The van der Waals surface area contributed by atoms with E-state index in [4.69, 9.17) is 0 Å². The molecule has 2 aromatic heterocycles. The van der Waals surface area contributed by atoms with Gasteiger partial charge in [-0.3, -0.25) is 5.10 Å². The number of hydrogen-bond acceptors (Lipinski definition) is 5. The summed E-state index contributed by atoms with van der Waals surface area (Å²) in [6.07, 6.45) is 11.4. The fourth-order valence-electron chi connectivity index (χ4n) is 3.69. The van der Waals surface area contributed by atoms with Gasteiger partial charge in [-0.25, -0.2) is 9.97 Å². The van der Waals surface area contributed by atoms with Crippen molar-refractivity contribution in [1.29, 1.82) is 0 Å². The molecule has 1 aromatic carbocycles. The van der Waals surface area contributed by atoms with Crippen LogP contribution in [0.3, 0.4) is 0 Å². The van der Waals surface area contributed by atoms with Crippen molar-refractivity contribution >= 4 is 28.6 Å². The number of thioether (sulfide) groups is 1. The molecule has 0 spiro atoms. The number of nitrogens with zero attached hydrogens (tertiary/aromatic N) is 3. The van der Waals surface area contributed by atoms with Crippen LogP contribution in [0.15, 0.2) is 41.7 Å². The summed E-state index contributed by atoms with van der Waals surface area (Å²) in [4.78, 5) is 10.0. The third kappa shape index (κ3) is 2.98. The molecule has 1 aliphatic rings. The minimum atomic E-state index is 0.0651. The fraction of sp³-hybridized carbons (Fsp3) is 0.389. The van der Waals surface area contributed by atoms with Gasteiger partial charge in [-0.05, 0) is 43.2 Å². The Bertz CT molecular complexity index is 838. The van der Waals surface area contributed by atoms with E-state index in [2.05, 4.69) is 56.0 Å². The van der Waals surface area contributed by atoms with Gasteiger partial charge in [0.25, 0.3) is 0 Å². The molecule has 0 saturated heterocycles. The number of aromatic nitrogens is 4. The number of rotatable bonds is 5. The maximum Gasteiger partial charge on any atom is 0.160 e. The highest BCUT2D eigenvalue weighted by molar-refractivity contribution is 7.98. The van der Waals surface area contributed by atoms with Gasteiger partial charge in [0.1, 0.15) is 12.1 Å². The highest BCUT2D eigenvalue weighted by atomic mass is 32.2. The standard InChI is InChI=1S/C18H21N5S/c1-24-14-6-4-5-13(9-14)10-18(7-2-3-8-18)22-16-15-11-21-23-17(15)20-12-19-16/h4-6,9,11-12H,2-3,7-8,10H2,1H3,(H2,19,20,21,22,23). The Morgan fingerprint density at radius 2 is 2.12 bits per heavy atom. The van der Waals surface area contributed by atoms with Gasteiger partial charge in [-0.15, -0.1) is 11.8 Å². The normalized spacial score (nSPS) is 16.5. The van der Waals surface area contributed by atoms with E-state index in [9.17, 15) is 0 Å². The number of fused-ring (bicyclic) bond motifs is 1. The Morgan fingerprint density at radius 1 is 1.25 bits per heavy atom. The van der Waals surface area contributed by atoms with Crippen molar-refractivity contribution in [2.75, 3.05) is 11.6 Å².